The maximum absolute atomic E-state index is 12.4. The van der Waals surface area contributed by atoms with Crippen LogP contribution in [-0.2, 0) is 16.0 Å². The zero-order chi connectivity index (χ0) is 19.4. The van der Waals surface area contributed by atoms with Crippen LogP contribution in [0.1, 0.15) is 22.3 Å². The number of rotatable bonds is 6. The maximum atomic E-state index is 12.4. The van der Waals surface area contributed by atoms with Crippen LogP contribution >= 0.6 is 11.6 Å². The van der Waals surface area contributed by atoms with Gasteiger partial charge in [-0.1, -0.05) is 35.9 Å². The molecule has 0 bridgehead atoms. The van der Waals surface area contributed by atoms with E-state index in [1.165, 1.54) is 12.1 Å². The number of carboxylic acid groups (broad SMARTS) is 1. The van der Waals surface area contributed by atoms with Crippen molar-refractivity contribution in [1.82, 2.24) is 5.32 Å². The van der Waals surface area contributed by atoms with Gasteiger partial charge in [-0.15, -0.1) is 0 Å². The Morgan fingerprint density at radius 1 is 1.15 bits per heavy atom. The van der Waals surface area contributed by atoms with Gasteiger partial charge < -0.3 is 15.3 Å². The van der Waals surface area contributed by atoms with Crippen molar-refractivity contribution in [3.63, 3.8) is 0 Å². The molecule has 1 unspecified atom stereocenters. The highest BCUT2D eigenvalue weighted by molar-refractivity contribution is 6.33. The molecule has 27 heavy (non-hydrogen) atoms. The lowest BCUT2D eigenvalue weighted by molar-refractivity contribution is -0.126. The average Bonchev–Trinajstić information content (AvgIpc) is 3.04. The first-order valence-electron chi connectivity index (χ1n) is 8.60. The second-order valence-electron chi connectivity index (χ2n) is 6.40. The van der Waals surface area contributed by atoms with E-state index in [4.69, 9.17) is 16.7 Å². The highest BCUT2D eigenvalue weighted by atomic mass is 35.5. The van der Waals surface area contributed by atoms with Crippen LogP contribution in [0.5, 0.6) is 0 Å². The number of amides is 2. The Bertz CT molecular complexity index is 867. The molecule has 0 spiro atoms. The number of anilines is 1. The van der Waals surface area contributed by atoms with Gasteiger partial charge in [-0.2, -0.15) is 0 Å². The van der Waals surface area contributed by atoms with Gasteiger partial charge in [0.2, 0.25) is 11.8 Å². The second kappa shape index (κ2) is 8.22. The summed E-state index contributed by atoms with van der Waals surface area (Å²) < 4.78 is 0. The van der Waals surface area contributed by atoms with Gasteiger partial charge in [0.1, 0.15) is 0 Å². The summed E-state index contributed by atoms with van der Waals surface area (Å²) in [6.45, 7) is 0.726. The number of nitrogens with zero attached hydrogens (tertiary/aromatic N) is 1. The molecular formula is C20H19ClN2O4. The fraction of sp³-hybridized carbons (Fsp3) is 0.250. The van der Waals surface area contributed by atoms with Crippen LogP contribution in [0.4, 0.5) is 5.69 Å². The molecule has 2 N–H and O–H groups in total. The van der Waals surface area contributed by atoms with E-state index in [2.05, 4.69) is 5.32 Å². The quantitative estimate of drug-likeness (QED) is 0.799. The minimum atomic E-state index is -0.969. The molecule has 0 radical (unpaired) electrons. The van der Waals surface area contributed by atoms with Gasteiger partial charge in [-0.3, -0.25) is 9.59 Å². The van der Waals surface area contributed by atoms with Crippen molar-refractivity contribution in [2.24, 2.45) is 5.92 Å². The number of halogens is 1. The monoisotopic (exact) mass is 386 g/mol. The Morgan fingerprint density at radius 2 is 1.85 bits per heavy atom. The van der Waals surface area contributed by atoms with E-state index < -0.39 is 11.9 Å². The Balaban J connectivity index is 1.52. The van der Waals surface area contributed by atoms with E-state index in [1.54, 1.807) is 41.3 Å². The van der Waals surface area contributed by atoms with E-state index in [9.17, 15) is 14.4 Å². The van der Waals surface area contributed by atoms with Gasteiger partial charge in [-0.25, -0.2) is 4.79 Å². The van der Waals surface area contributed by atoms with E-state index in [0.717, 1.165) is 5.56 Å². The predicted octanol–water partition coefficient (Wildman–Crippen LogP) is 2.75. The zero-order valence-corrected chi connectivity index (χ0v) is 15.3. The lowest BCUT2D eigenvalue weighted by atomic mass is 10.1. The summed E-state index contributed by atoms with van der Waals surface area (Å²) in [6.07, 6.45) is 0.741. The molecule has 140 valence electrons. The minimum Gasteiger partial charge on any atom is -0.478 e. The third kappa shape index (κ3) is 4.46. The van der Waals surface area contributed by atoms with E-state index in [0.29, 0.717) is 30.2 Å². The summed E-state index contributed by atoms with van der Waals surface area (Å²) in [7, 11) is 0. The van der Waals surface area contributed by atoms with Crippen molar-refractivity contribution < 1.29 is 19.5 Å². The van der Waals surface area contributed by atoms with Crippen molar-refractivity contribution >= 4 is 35.1 Å². The number of nitrogens with one attached hydrogen (secondary N) is 1. The van der Waals surface area contributed by atoms with Crippen LogP contribution in [0.2, 0.25) is 5.02 Å². The van der Waals surface area contributed by atoms with Crippen molar-refractivity contribution in [1.29, 1.82) is 0 Å². The molecule has 1 atom stereocenters. The van der Waals surface area contributed by atoms with Crippen molar-refractivity contribution in [3.05, 3.63) is 64.7 Å². The molecule has 1 aliphatic rings. The van der Waals surface area contributed by atoms with E-state index >= 15 is 0 Å². The molecule has 1 aliphatic heterocycles. The summed E-state index contributed by atoms with van der Waals surface area (Å²) >= 11 is 6.15. The number of carbonyl (C=O) groups excluding carboxylic acids is 2. The molecule has 0 aromatic heterocycles. The molecule has 1 fully saturated rings. The first-order chi connectivity index (χ1) is 13.0. The lowest BCUT2D eigenvalue weighted by Crippen LogP contribution is -2.34. The molecule has 1 saturated heterocycles. The molecule has 0 saturated carbocycles. The first-order valence-corrected chi connectivity index (χ1v) is 8.98. The average molecular weight is 387 g/mol. The molecule has 0 aliphatic carbocycles. The van der Waals surface area contributed by atoms with Crippen LogP contribution in [0, 0.1) is 5.92 Å². The fourth-order valence-electron chi connectivity index (χ4n) is 3.08. The summed E-state index contributed by atoms with van der Waals surface area (Å²) in [5.41, 5.74) is 1.78. The number of carbonyl (C=O) groups is 3. The molecule has 6 nitrogen and oxygen atoms in total. The number of carboxylic acids is 1. The number of hydrogen-bond donors (Lipinski definition) is 2. The van der Waals surface area contributed by atoms with Gasteiger partial charge in [-0.05, 0) is 36.2 Å². The van der Waals surface area contributed by atoms with Gasteiger partial charge >= 0.3 is 5.97 Å². The van der Waals surface area contributed by atoms with Crippen molar-refractivity contribution in [2.75, 3.05) is 18.0 Å². The van der Waals surface area contributed by atoms with Gasteiger partial charge in [0.05, 0.1) is 22.2 Å². The number of para-hydroxylation sites is 1. The molecule has 2 aromatic carbocycles. The molecule has 1 heterocycles. The summed E-state index contributed by atoms with van der Waals surface area (Å²) in [5.74, 6) is -1.67. The Kier molecular flexibility index (Phi) is 5.76. The molecular weight excluding hydrogens is 368 g/mol. The van der Waals surface area contributed by atoms with Gasteiger partial charge in [0, 0.05) is 19.5 Å². The normalized spacial score (nSPS) is 16.4. The first kappa shape index (κ1) is 18.9. The largest absolute Gasteiger partial charge is 0.478 e. The highest BCUT2D eigenvalue weighted by Gasteiger charge is 2.35. The van der Waals surface area contributed by atoms with E-state index in [1.807, 2.05) is 0 Å². The summed E-state index contributed by atoms with van der Waals surface area (Å²) in [5, 5.41) is 12.2. The molecule has 7 heteroatoms. The van der Waals surface area contributed by atoms with E-state index in [-0.39, 0.29) is 23.8 Å². The lowest BCUT2D eigenvalue weighted by Gasteiger charge is -2.18. The number of benzene rings is 2. The topological polar surface area (TPSA) is 86.7 Å². The molecule has 2 amide bonds. The van der Waals surface area contributed by atoms with Crippen LogP contribution in [0.15, 0.2) is 48.5 Å². The zero-order valence-electron chi connectivity index (χ0n) is 14.5. The number of aromatic carboxylic acids is 1. The molecule has 3 rings (SSSR count). The SMILES string of the molecule is O=C(O)c1ccc(CCNC(=O)C2CC(=O)N(c3ccccc3Cl)C2)cc1. The summed E-state index contributed by atoms with van der Waals surface area (Å²) in [4.78, 5) is 37.0. The Morgan fingerprint density at radius 3 is 2.52 bits per heavy atom. The second-order valence-corrected chi connectivity index (χ2v) is 6.81. The third-order valence-electron chi connectivity index (χ3n) is 4.55. The van der Waals surface area contributed by atoms with Crippen LogP contribution in [0.25, 0.3) is 0 Å². The van der Waals surface area contributed by atoms with Crippen LogP contribution < -0.4 is 10.2 Å². The highest BCUT2D eigenvalue weighted by Crippen LogP contribution is 2.30. The minimum absolute atomic E-state index is 0.118. The van der Waals surface area contributed by atoms with Crippen molar-refractivity contribution in [3.8, 4) is 0 Å². The standard InChI is InChI=1S/C20H19ClN2O4/c21-16-3-1-2-4-17(16)23-12-15(11-18(23)24)19(25)22-10-9-13-5-7-14(8-6-13)20(26)27/h1-8,15H,9-12H2,(H,22,25)(H,26,27). The Labute approximate surface area is 161 Å². The van der Waals surface area contributed by atoms with Gasteiger partial charge in [0.25, 0.3) is 0 Å². The fourth-order valence-corrected chi connectivity index (χ4v) is 3.31. The third-order valence-corrected chi connectivity index (χ3v) is 4.87. The molecule has 2 aromatic rings. The van der Waals surface area contributed by atoms with Gasteiger partial charge in [0.15, 0.2) is 0 Å². The van der Waals surface area contributed by atoms with Crippen molar-refractivity contribution in [2.45, 2.75) is 12.8 Å². The predicted molar refractivity (Wildman–Crippen MR) is 102 cm³/mol. The van der Waals surface area contributed by atoms with Crippen LogP contribution in [-0.4, -0.2) is 36.0 Å². The maximum Gasteiger partial charge on any atom is 0.335 e. The number of hydrogen-bond acceptors (Lipinski definition) is 3. The smallest absolute Gasteiger partial charge is 0.335 e. The Hall–Kier alpha value is -2.86. The summed E-state index contributed by atoms with van der Waals surface area (Å²) in [6, 6.07) is 13.6. The van der Waals surface area contributed by atoms with Crippen LogP contribution in [0.3, 0.4) is 0 Å².